The average Bonchev–Trinajstić information content (AvgIpc) is 2.89. The van der Waals surface area contributed by atoms with Gasteiger partial charge in [0.2, 0.25) is 0 Å². The largest absolute Gasteiger partial charge is 0.367 e. The fourth-order valence-corrected chi connectivity index (χ4v) is 3.09. The molecule has 1 aromatic carbocycles. The minimum absolute atomic E-state index is 0.258. The van der Waals surface area contributed by atoms with E-state index in [9.17, 15) is 0 Å². The first-order valence-electron chi connectivity index (χ1n) is 8.26. The molecule has 0 bridgehead atoms. The van der Waals surface area contributed by atoms with E-state index in [1.165, 1.54) is 30.4 Å². The van der Waals surface area contributed by atoms with Crippen LogP contribution in [0.4, 0.5) is 0 Å². The number of aromatic nitrogens is 2. The van der Waals surface area contributed by atoms with Gasteiger partial charge in [-0.15, -0.1) is 0 Å². The van der Waals surface area contributed by atoms with Crippen LogP contribution < -0.4 is 5.32 Å². The van der Waals surface area contributed by atoms with Crippen LogP contribution in [-0.2, 0) is 17.9 Å². The monoisotopic (exact) mass is 297 g/mol. The molecule has 4 nitrogen and oxygen atoms in total. The van der Waals surface area contributed by atoms with Crippen LogP contribution in [0.5, 0.6) is 0 Å². The number of hydrogen-bond acceptors (Lipinski definition) is 3. The maximum atomic E-state index is 5.95. The van der Waals surface area contributed by atoms with Crippen molar-refractivity contribution in [3.05, 3.63) is 41.9 Å². The summed E-state index contributed by atoms with van der Waals surface area (Å²) in [5, 5.41) is 3.61. The van der Waals surface area contributed by atoms with Crippen molar-refractivity contribution in [2.75, 3.05) is 6.54 Å². The molecule has 4 rings (SSSR count). The summed E-state index contributed by atoms with van der Waals surface area (Å²) < 4.78 is 8.20. The van der Waals surface area contributed by atoms with Crippen LogP contribution in [0.1, 0.15) is 30.7 Å². The molecule has 2 aliphatic rings. The summed E-state index contributed by atoms with van der Waals surface area (Å²) in [6, 6.07) is 9.27. The van der Waals surface area contributed by atoms with Crippen molar-refractivity contribution in [2.24, 2.45) is 0 Å². The number of aryl methyl sites for hydroxylation is 1. The highest BCUT2D eigenvalue weighted by Crippen LogP contribution is 2.23. The molecule has 1 saturated carbocycles. The quantitative estimate of drug-likeness (QED) is 0.943. The van der Waals surface area contributed by atoms with Gasteiger partial charge in [-0.1, -0.05) is 36.2 Å². The van der Waals surface area contributed by atoms with Crippen LogP contribution in [0.3, 0.4) is 0 Å². The lowest BCUT2D eigenvalue weighted by molar-refractivity contribution is 0.0000580. The molecule has 1 aromatic heterocycles. The molecule has 116 valence electrons. The summed E-state index contributed by atoms with van der Waals surface area (Å²) in [4.78, 5) is 4.73. The SMILES string of the molecule is Cc1ccc(-c2cn3c(n2)COC(CNC2CCC2)C3)cc1. The van der Waals surface area contributed by atoms with E-state index in [0.717, 1.165) is 30.6 Å². The molecule has 2 aromatic rings. The zero-order valence-electron chi connectivity index (χ0n) is 13.1. The molecule has 1 aliphatic carbocycles. The number of hydrogen-bond donors (Lipinski definition) is 1. The fourth-order valence-electron chi connectivity index (χ4n) is 3.09. The first-order valence-corrected chi connectivity index (χ1v) is 8.26. The molecule has 1 unspecified atom stereocenters. The Hall–Kier alpha value is -1.65. The van der Waals surface area contributed by atoms with Gasteiger partial charge in [0.15, 0.2) is 0 Å². The number of nitrogens with zero attached hydrogens (tertiary/aromatic N) is 2. The van der Waals surface area contributed by atoms with Crippen molar-refractivity contribution in [3.8, 4) is 11.3 Å². The summed E-state index contributed by atoms with van der Waals surface area (Å²) in [7, 11) is 0. The third-order valence-corrected chi connectivity index (χ3v) is 4.79. The number of rotatable bonds is 4. The molecule has 0 spiro atoms. The minimum Gasteiger partial charge on any atom is -0.367 e. The highest BCUT2D eigenvalue weighted by atomic mass is 16.5. The van der Waals surface area contributed by atoms with E-state index >= 15 is 0 Å². The van der Waals surface area contributed by atoms with Gasteiger partial charge >= 0.3 is 0 Å². The van der Waals surface area contributed by atoms with Crippen molar-refractivity contribution in [1.82, 2.24) is 14.9 Å². The van der Waals surface area contributed by atoms with Crippen LogP contribution in [-0.4, -0.2) is 28.2 Å². The van der Waals surface area contributed by atoms with Gasteiger partial charge in [0.25, 0.3) is 0 Å². The van der Waals surface area contributed by atoms with E-state index in [-0.39, 0.29) is 6.10 Å². The molecule has 0 amide bonds. The van der Waals surface area contributed by atoms with Gasteiger partial charge in [-0.2, -0.15) is 0 Å². The lowest BCUT2D eigenvalue weighted by Crippen LogP contribution is -2.43. The number of fused-ring (bicyclic) bond motifs is 1. The Morgan fingerprint density at radius 1 is 1.27 bits per heavy atom. The molecule has 22 heavy (non-hydrogen) atoms. The Balaban J connectivity index is 1.44. The van der Waals surface area contributed by atoms with E-state index in [0.29, 0.717) is 6.61 Å². The maximum Gasteiger partial charge on any atom is 0.135 e. The highest BCUT2D eigenvalue weighted by Gasteiger charge is 2.23. The molecule has 1 N–H and O–H groups in total. The molecular formula is C18H23N3O. The van der Waals surface area contributed by atoms with Crippen LogP contribution in [0.15, 0.2) is 30.5 Å². The third kappa shape index (κ3) is 2.81. The topological polar surface area (TPSA) is 39.1 Å². The first-order chi connectivity index (χ1) is 10.8. The number of imidazole rings is 1. The van der Waals surface area contributed by atoms with E-state index in [1.807, 2.05) is 0 Å². The highest BCUT2D eigenvalue weighted by molar-refractivity contribution is 5.59. The first kappa shape index (κ1) is 14.0. The molecule has 0 radical (unpaired) electrons. The lowest BCUT2D eigenvalue weighted by Gasteiger charge is -2.30. The molecule has 1 aliphatic heterocycles. The van der Waals surface area contributed by atoms with Crippen LogP contribution >= 0.6 is 0 Å². The Morgan fingerprint density at radius 3 is 2.82 bits per heavy atom. The molecule has 0 saturated heterocycles. The Bertz CT molecular complexity index is 643. The second-order valence-corrected chi connectivity index (χ2v) is 6.53. The fraction of sp³-hybridized carbons (Fsp3) is 0.500. The number of benzene rings is 1. The summed E-state index contributed by atoms with van der Waals surface area (Å²) >= 11 is 0. The summed E-state index contributed by atoms with van der Waals surface area (Å²) in [5.41, 5.74) is 3.50. The summed E-state index contributed by atoms with van der Waals surface area (Å²) in [5.74, 6) is 1.04. The van der Waals surface area contributed by atoms with Gasteiger partial charge in [0.1, 0.15) is 12.4 Å². The summed E-state index contributed by atoms with van der Waals surface area (Å²) in [6.45, 7) is 4.56. The van der Waals surface area contributed by atoms with E-state index < -0.39 is 0 Å². The van der Waals surface area contributed by atoms with Crippen LogP contribution in [0.2, 0.25) is 0 Å². The summed E-state index contributed by atoms with van der Waals surface area (Å²) in [6.07, 6.45) is 6.43. The number of nitrogens with one attached hydrogen (secondary N) is 1. The molecular weight excluding hydrogens is 274 g/mol. The van der Waals surface area contributed by atoms with Crippen molar-refractivity contribution in [3.63, 3.8) is 0 Å². The Morgan fingerprint density at radius 2 is 2.09 bits per heavy atom. The van der Waals surface area contributed by atoms with Gasteiger partial charge in [-0.3, -0.25) is 0 Å². The zero-order chi connectivity index (χ0) is 14.9. The lowest BCUT2D eigenvalue weighted by atomic mass is 9.93. The standard InChI is InChI=1S/C18H23N3O/c1-13-5-7-14(8-6-13)17-11-21-10-16(22-12-18(21)20-17)9-19-15-3-2-4-15/h5-8,11,15-16,19H,2-4,9-10,12H2,1H3. The molecule has 1 atom stereocenters. The van der Waals surface area contributed by atoms with E-state index in [2.05, 4.69) is 47.3 Å². The van der Waals surface area contributed by atoms with Gasteiger partial charge in [-0.05, 0) is 19.8 Å². The van der Waals surface area contributed by atoms with Crippen molar-refractivity contribution >= 4 is 0 Å². The van der Waals surface area contributed by atoms with E-state index in [4.69, 9.17) is 9.72 Å². The second kappa shape index (κ2) is 5.86. The predicted octanol–water partition coefficient (Wildman–Crippen LogP) is 2.90. The smallest absolute Gasteiger partial charge is 0.135 e. The predicted molar refractivity (Wildman–Crippen MR) is 86.6 cm³/mol. The number of ether oxygens (including phenoxy) is 1. The van der Waals surface area contributed by atoms with Crippen molar-refractivity contribution < 1.29 is 4.74 Å². The van der Waals surface area contributed by atoms with Gasteiger partial charge in [0, 0.05) is 24.3 Å². The third-order valence-electron chi connectivity index (χ3n) is 4.79. The van der Waals surface area contributed by atoms with Gasteiger partial charge in [-0.25, -0.2) is 4.98 Å². The minimum atomic E-state index is 0.258. The average molecular weight is 297 g/mol. The van der Waals surface area contributed by atoms with Crippen LogP contribution in [0.25, 0.3) is 11.3 Å². The van der Waals surface area contributed by atoms with E-state index in [1.54, 1.807) is 0 Å². The second-order valence-electron chi connectivity index (χ2n) is 6.53. The Kier molecular flexibility index (Phi) is 3.72. The molecule has 1 fully saturated rings. The Labute approximate surface area is 131 Å². The molecule has 2 heterocycles. The van der Waals surface area contributed by atoms with Crippen molar-refractivity contribution in [2.45, 2.75) is 51.5 Å². The van der Waals surface area contributed by atoms with Gasteiger partial charge in [0.05, 0.1) is 18.3 Å². The van der Waals surface area contributed by atoms with Crippen LogP contribution in [0, 0.1) is 6.92 Å². The normalized spacial score (nSPS) is 21.4. The zero-order valence-corrected chi connectivity index (χ0v) is 13.1. The van der Waals surface area contributed by atoms with Crippen molar-refractivity contribution in [1.29, 1.82) is 0 Å². The molecule has 4 heteroatoms. The maximum absolute atomic E-state index is 5.95. The van der Waals surface area contributed by atoms with Gasteiger partial charge < -0.3 is 14.6 Å².